The maximum Gasteiger partial charge on any atom is 0.419 e. The number of ether oxygens (including phenoxy) is 3. The molecule has 0 fully saturated rings. The Balaban J connectivity index is 1.57. The average molecular weight is 488 g/mol. The number of benzene rings is 2. The number of hydrogen-bond acceptors (Lipinski definition) is 6. The number of halogens is 3. The lowest BCUT2D eigenvalue weighted by atomic mass is 9.93. The molecule has 9 heteroatoms. The number of rotatable bonds is 8. The summed E-state index contributed by atoms with van der Waals surface area (Å²) in [6, 6.07) is 12.7. The first-order valence-corrected chi connectivity index (χ1v) is 11.3. The van der Waals surface area contributed by atoms with Crippen LogP contribution in [0.25, 0.3) is 11.1 Å². The summed E-state index contributed by atoms with van der Waals surface area (Å²) in [4.78, 5) is 4.28. The van der Waals surface area contributed by atoms with Gasteiger partial charge in [0.15, 0.2) is 11.5 Å². The molecule has 6 nitrogen and oxygen atoms in total. The fourth-order valence-corrected chi connectivity index (χ4v) is 4.09. The van der Waals surface area contributed by atoms with Gasteiger partial charge in [-0.15, -0.1) is 0 Å². The van der Waals surface area contributed by atoms with Crippen molar-refractivity contribution in [3.8, 4) is 28.4 Å². The Hall–Kier alpha value is -3.46. The second kappa shape index (κ2) is 9.65. The van der Waals surface area contributed by atoms with E-state index in [0.717, 1.165) is 6.07 Å². The maximum atomic E-state index is 13.9. The van der Waals surface area contributed by atoms with Crippen molar-refractivity contribution >= 4 is 11.5 Å². The molecule has 0 unspecified atom stereocenters. The zero-order valence-corrected chi connectivity index (χ0v) is 19.8. The predicted molar refractivity (Wildman–Crippen MR) is 128 cm³/mol. The minimum absolute atomic E-state index is 0.0214. The highest BCUT2D eigenvalue weighted by molar-refractivity contribution is 5.71. The van der Waals surface area contributed by atoms with Crippen LogP contribution in [0.2, 0.25) is 0 Å². The van der Waals surface area contributed by atoms with Crippen LogP contribution in [0, 0.1) is 5.92 Å². The Morgan fingerprint density at radius 3 is 2.51 bits per heavy atom. The van der Waals surface area contributed by atoms with Crippen LogP contribution in [0.4, 0.5) is 24.7 Å². The molecule has 0 spiro atoms. The monoisotopic (exact) mass is 487 g/mol. The summed E-state index contributed by atoms with van der Waals surface area (Å²) >= 11 is 0. The first kappa shape index (κ1) is 24.7. The van der Waals surface area contributed by atoms with E-state index in [9.17, 15) is 13.2 Å². The van der Waals surface area contributed by atoms with Gasteiger partial charge >= 0.3 is 6.18 Å². The molecule has 3 N–H and O–H groups in total. The molecule has 0 bridgehead atoms. The number of alkyl halides is 3. The quantitative estimate of drug-likeness (QED) is 0.384. The topological polar surface area (TPSA) is 78.6 Å². The number of nitrogens with zero attached hydrogens (tertiary/aromatic N) is 1. The van der Waals surface area contributed by atoms with Crippen LogP contribution < -0.4 is 25.3 Å². The molecule has 0 saturated carbocycles. The standard InChI is InChI=1S/C26H28F3N3O3/c1-16(2)13-25(3,30)14-33-21-6-4-17(10-20(21)26(27,28)29)18-8-9-31-24(11-18)32-19-5-7-22-23(12-19)35-15-34-22/h4-12,16H,13-15,30H2,1-3H3,(H,31,32)/t25-/m0/s1. The third-order valence-electron chi connectivity index (χ3n) is 5.46. The molecule has 3 aromatic rings. The van der Waals surface area contributed by atoms with Gasteiger partial charge in [0.25, 0.3) is 0 Å². The SMILES string of the molecule is CC(C)C[C@](C)(N)COc1ccc(-c2ccnc(Nc3ccc4c(c3)OCO4)c2)cc1C(F)(F)F. The third kappa shape index (κ3) is 6.16. The summed E-state index contributed by atoms with van der Waals surface area (Å²) in [6.07, 6.45) is -2.42. The van der Waals surface area contributed by atoms with Crippen LogP contribution in [-0.4, -0.2) is 23.9 Å². The van der Waals surface area contributed by atoms with Gasteiger partial charge in [-0.05, 0) is 66.8 Å². The molecule has 186 valence electrons. The fourth-order valence-electron chi connectivity index (χ4n) is 4.09. The van der Waals surface area contributed by atoms with Crippen LogP contribution in [0.5, 0.6) is 17.2 Å². The number of anilines is 2. The fraction of sp³-hybridized carbons (Fsp3) is 0.346. The van der Waals surface area contributed by atoms with Gasteiger partial charge in [0.1, 0.15) is 18.2 Å². The number of nitrogens with one attached hydrogen (secondary N) is 1. The number of hydrogen-bond donors (Lipinski definition) is 2. The van der Waals surface area contributed by atoms with Crippen molar-refractivity contribution in [3.05, 3.63) is 60.3 Å². The smallest absolute Gasteiger partial charge is 0.419 e. The first-order valence-electron chi connectivity index (χ1n) is 11.3. The number of fused-ring (bicyclic) bond motifs is 1. The molecule has 0 aliphatic carbocycles. The van der Waals surface area contributed by atoms with Gasteiger partial charge < -0.3 is 25.3 Å². The van der Waals surface area contributed by atoms with Crippen LogP contribution in [0.15, 0.2) is 54.7 Å². The molecular formula is C26H28F3N3O3. The van der Waals surface area contributed by atoms with Crippen molar-refractivity contribution in [1.29, 1.82) is 0 Å². The van der Waals surface area contributed by atoms with Gasteiger partial charge in [-0.2, -0.15) is 13.2 Å². The highest BCUT2D eigenvalue weighted by Gasteiger charge is 2.35. The summed E-state index contributed by atoms with van der Waals surface area (Å²) in [5.74, 6) is 1.79. The van der Waals surface area contributed by atoms with E-state index in [0.29, 0.717) is 46.5 Å². The molecule has 2 aromatic carbocycles. The van der Waals surface area contributed by atoms with Crippen molar-refractivity contribution in [2.45, 2.75) is 38.9 Å². The van der Waals surface area contributed by atoms with Crippen molar-refractivity contribution in [1.82, 2.24) is 4.98 Å². The van der Waals surface area contributed by atoms with E-state index in [1.165, 1.54) is 12.3 Å². The number of aromatic nitrogens is 1. The number of nitrogens with two attached hydrogens (primary N) is 1. The van der Waals surface area contributed by atoms with E-state index in [2.05, 4.69) is 10.3 Å². The van der Waals surface area contributed by atoms with Crippen LogP contribution in [-0.2, 0) is 6.18 Å². The van der Waals surface area contributed by atoms with E-state index in [4.69, 9.17) is 19.9 Å². The van der Waals surface area contributed by atoms with Crippen molar-refractivity contribution in [2.24, 2.45) is 11.7 Å². The molecule has 0 radical (unpaired) electrons. The normalized spacial score (nSPS) is 14.6. The summed E-state index contributed by atoms with van der Waals surface area (Å²) in [6.45, 7) is 5.93. The van der Waals surface area contributed by atoms with Crippen molar-refractivity contribution in [2.75, 3.05) is 18.7 Å². The molecule has 1 atom stereocenters. The second-order valence-electron chi connectivity index (χ2n) is 9.37. The molecular weight excluding hydrogens is 459 g/mol. The Morgan fingerprint density at radius 2 is 1.77 bits per heavy atom. The molecule has 2 heterocycles. The lowest BCUT2D eigenvalue weighted by Crippen LogP contribution is -2.43. The van der Waals surface area contributed by atoms with Crippen molar-refractivity contribution in [3.63, 3.8) is 0 Å². The van der Waals surface area contributed by atoms with Gasteiger partial charge in [-0.1, -0.05) is 19.9 Å². The maximum absolute atomic E-state index is 13.9. The lowest BCUT2D eigenvalue weighted by molar-refractivity contribution is -0.139. The summed E-state index contributed by atoms with van der Waals surface area (Å²) in [5, 5.41) is 3.14. The Bertz CT molecular complexity index is 1200. The molecule has 35 heavy (non-hydrogen) atoms. The highest BCUT2D eigenvalue weighted by Crippen LogP contribution is 2.40. The molecule has 1 aliphatic heterocycles. The Morgan fingerprint density at radius 1 is 1.03 bits per heavy atom. The van der Waals surface area contributed by atoms with Crippen molar-refractivity contribution < 1.29 is 27.4 Å². The Labute approximate surface area is 202 Å². The van der Waals surface area contributed by atoms with Gasteiger partial charge in [-0.3, -0.25) is 0 Å². The molecule has 4 rings (SSSR count). The largest absolute Gasteiger partial charge is 0.491 e. The zero-order chi connectivity index (χ0) is 25.2. The lowest BCUT2D eigenvalue weighted by Gasteiger charge is -2.27. The Kier molecular flexibility index (Phi) is 6.80. The van der Waals surface area contributed by atoms with Gasteiger partial charge in [0.05, 0.1) is 5.56 Å². The van der Waals surface area contributed by atoms with E-state index >= 15 is 0 Å². The average Bonchev–Trinajstić information content (AvgIpc) is 3.24. The minimum Gasteiger partial charge on any atom is -0.491 e. The van der Waals surface area contributed by atoms with Gasteiger partial charge in [-0.25, -0.2) is 4.98 Å². The van der Waals surface area contributed by atoms with E-state index < -0.39 is 17.3 Å². The summed E-state index contributed by atoms with van der Waals surface area (Å²) in [7, 11) is 0. The van der Waals surface area contributed by atoms with Crippen LogP contribution >= 0.6 is 0 Å². The molecule has 0 saturated heterocycles. The minimum atomic E-state index is -4.59. The van der Waals surface area contributed by atoms with Crippen LogP contribution in [0.3, 0.4) is 0 Å². The second-order valence-corrected chi connectivity index (χ2v) is 9.37. The van der Waals surface area contributed by atoms with Gasteiger partial charge in [0.2, 0.25) is 6.79 Å². The van der Waals surface area contributed by atoms with Crippen LogP contribution in [0.1, 0.15) is 32.8 Å². The zero-order valence-electron chi connectivity index (χ0n) is 19.8. The summed E-state index contributed by atoms with van der Waals surface area (Å²) in [5.41, 5.74) is 6.30. The number of pyridine rings is 1. The first-order chi connectivity index (χ1) is 16.5. The van der Waals surface area contributed by atoms with E-state index in [1.807, 2.05) is 13.8 Å². The van der Waals surface area contributed by atoms with E-state index in [1.54, 1.807) is 43.3 Å². The predicted octanol–water partition coefficient (Wildman–Crippen LogP) is 6.38. The van der Waals surface area contributed by atoms with E-state index in [-0.39, 0.29) is 19.1 Å². The molecule has 0 amide bonds. The summed E-state index contributed by atoms with van der Waals surface area (Å²) < 4.78 is 57.9. The molecule has 1 aliphatic rings. The van der Waals surface area contributed by atoms with Gasteiger partial charge in [0, 0.05) is 23.5 Å². The highest BCUT2D eigenvalue weighted by atomic mass is 19.4. The molecule has 1 aromatic heterocycles. The third-order valence-corrected chi connectivity index (χ3v) is 5.46.